The van der Waals surface area contributed by atoms with E-state index < -0.39 is 0 Å². The Hall–Kier alpha value is -1.64. The maximum absolute atomic E-state index is 12.4. The Morgan fingerprint density at radius 3 is 2.89 bits per heavy atom. The van der Waals surface area contributed by atoms with Gasteiger partial charge in [0, 0.05) is 6.54 Å². The summed E-state index contributed by atoms with van der Waals surface area (Å²) in [6.07, 6.45) is 6.83. The van der Waals surface area contributed by atoms with Crippen LogP contribution in [-0.4, -0.2) is 9.55 Å². The van der Waals surface area contributed by atoms with Gasteiger partial charge in [-0.3, -0.25) is 9.36 Å². The van der Waals surface area contributed by atoms with Gasteiger partial charge in [0.05, 0.1) is 17.2 Å². The molecule has 0 saturated heterocycles. The molecule has 0 N–H and O–H groups in total. The third-order valence-electron chi connectivity index (χ3n) is 3.98. The molecule has 0 amide bonds. The van der Waals surface area contributed by atoms with Crippen molar-refractivity contribution in [2.45, 2.75) is 39.2 Å². The summed E-state index contributed by atoms with van der Waals surface area (Å²) < 4.78 is 1.79. The smallest absolute Gasteiger partial charge is 0.261 e. The first kappa shape index (κ1) is 11.5. The number of rotatable bonds is 2. The second kappa shape index (κ2) is 4.56. The highest BCUT2D eigenvalue weighted by atomic mass is 16.1. The molecule has 1 saturated carbocycles. The van der Waals surface area contributed by atoms with Crippen LogP contribution in [0.1, 0.15) is 31.2 Å². The molecule has 1 fully saturated rings. The molecule has 3 rings (SSSR count). The maximum Gasteiger partial charge on any atom is 0.261 e. The van der Waals surface area contributed by atoms with Crippen molar-refractivity contribution < 1.29 is 0 Å². The first-order chi connectivity index (χ1) is 8.75. The zero-order valence-electron chi connectivity index (χ0n) is 10.7. The predicted octanol–water partition coefficient (Wildman–Crippen LogP) is 2.90. The summed E-state index contributed by atoms with van der Waals surface area (Å²) in [5, 5.41) is 0.746. The van der Waals surface area contributed by atoms with Gasteiger partial charge in [-0.05, 0) is 37.3 Å². The topological polar surface area (TPSA) is 34.9 Å². The second-order valence-corrected chi connectivity index (χ2v) is 5.32. The minimum absolute atomic E-state index is 0.107. The van der Waals surface area contributed by atoms with Crippen molar-refractivity contribution in [2.24, 2.45) is 5.92 Å². The Labute approximate surface area is 106 Å². The number of hydrogen-bond acceptors (Lipinski definition) is 2. The first-order valence-electron chi connectivity index (χ1n) is 6.70. The quantitative estimate of drug-likeness (QED) is 0.811. The molecule has 1 aromatic carbocycles. The zero-order chi connectivity index (χ0) is 12.5. The lowest BCUT2D eigenvalue weighted by Gasteiger charge is -2.12. The lowest BCUT2D eigenvalue weighted by atomic mass is 10.1. The molecule has 3 nitrogen and oxygen atoms in total. The molecule has 2 aromatic rings. The van der Waals surface area contributed by atoms with Gasteiger partial charge in [0.2, 0.25) is 0 Å². The van der Waals surface area contributed by atoms with Crippen molar-refractivity contribution in [2.75, 3.05) is 0 Å². The first-order valence-corrected chi connectivity index (χ1v) is 6.70. The van der Waals surface area contributed by atoms with E-state index in [1.165, 1.54) is 25.7 Å². The van der Waals surface area contributed by atoms with Crippen molar-refractivity contribution in [3.05, 3.63) is 40.4 Å². The van der Waals surface area contributed by atoms with E-state index in [0.29, 0.717) is 5.92 Å². The standard InChI is InChI=1S/C15H18N2O/c1-11-5-4-8-13-14(11)16-10-17(15(13)18)9-12-6-2-3-7-12/h4-5,8,10,12H,2-3,6-7,9H2,1H3. The highest BCUT2D eigenvalue weighted by Gasteiger charge is 2.16. The van der Waals surface area contributed by atoms with Crippen LogP contribution in [-0.2, 0) is 6.54 Å². The Kier molecular flexibility index (Phi) is 2.90. The van der Waals surface area contributed by atoms with Gasteiger partial charge < -0.3 is 0 Å². The molecule has 0 unspecified atom stereocenters. The molecule has 94 valence electrons. The highest BCUT2D eigenvalue weighted by molar-refractivity contribution is 5.80. The van der Waals surface area contributed by atoms with Gasteiger partial charge in [-0.15, -0.1) is 0 Å². The Balaban J connectivity index is 2.03. The van der Waals surface area contributed by atoms with Gasteiger partial charge in [0.15, 0.2) is 0 Å². The lowest BCUT2D eigenvalue weighted by molar-refractivity contribution is 0.447. The number of para-hydroxylation sites is 1. The van der Waals surface area contributed by atoms with E-state index in [9.17, 15) is 4.79 Å². The highest BCUT2D eigenvalue weighted by Crippen LogP contribution is 2.25. The van der Waals surface area contributed by atoms with E-state index in [0.717, 1.165) is 23.0 Å². The Morgan fingerprint density at radius 1 is 1.33 bits per heavy atom. The monoisotopic (exact) mass is 242 g/mol. The van der Waals surface area contributed by atoms with Gasteiger partial charge in [0.25, 0.3) is 5.56 Å². The number of benzene rings is 1. The largest absolute Gasteiger partial charge is 0.298 e. The third-order valence-corrected chi connectivity index (χ3v) is 3.98. The van der Waals surface area contributed by atoms with Gasteiger partial charge in [0.1, 0.15) is 0 Å². The minimum Gasteiger partial charge on any atom is -0.298 e. The number of fused-ring (bicyclic) bond motifs is 1. The summed E-state index contributed by atoms with van der Waals surface area (Å²) in [5.41, 5.74) is 2.01. The molecule has 1 aliphatic rings. The van der Waals surface area contributed by atoms with Crippen LogP contribution in [0.2, 0.25) is 0 Å². The number of aromatic nitrogens is 2. The molecule has 0 bridgehead atoms. The molecule has 1 heterocycles. The molecule has 1 aliphatic carbocycles. The van der Waals surface area contributed by atoms with E-state index >= 15 is 0 Å². The molecular weight excluding hydrogens is 224 g/mol. The molecule has 0 aliphatic heterocycles. The van der Waals surface area contributed by atoms with E-state index in [2.05, 4.69) is 4.98 Å². The van der Waals surface area contributed by atoms with E-state index in [1.807, 2.05) is 25.1 Å². The normalized spacial score (nSPS) is 16.5. The van der Waals surface area contributed by atoms with Crippen molar-refractivity contribution in [1.82, 2.24) is 9.55 Å². The van der Waals surface area contributed by atoms with E-state index in [-0.39, 0.29) is 5.56 Å². The van der Waals surface area contributed by atoms with Crippen LogP contribution < -0.4 is 5.56 Å². The van der Waals surface area contributed by atoms with Crippen LogP contribution in [0.4, 0.5) is 0 Å². The van der Waals surface area contributed by atoms with Crippen molar-refractivity contribution in [3.63, 3.8) is 0 Å². The van der Waals surface area contributed by atoms with Crippen LogP contribution in [0, 0.1) is 12.8 Å². The molecule has 18 heavy (non-hydrogen) atoms. The minimum atomic E-state index is 0.107. The molecule has 0 atom stereocenters. The molecule has 3 heteroatoms. The van der Waals surface area contributed by atoms with Crippen molar-refractivity contribution in [1.29, 1.82) is 0 Å². The Morgan fingerprint density at radius 2 is 2.11 bits per heavy atom. The fourth-order valence-corrected chi connectivity index (χ4v) is 2.94. The average molecular weight is 242 g/mol. The summed E-state index contributed by atoms with van der Waals surface area (Å²) in [4.78, 5) is 16.8. The van der Waals surface area contributed by atoms with Crippen molar-refractivity contribution in [3.8, 4) is 0 Å². The number of nitrogens with zero attached hydrogens (tertiary/aromatic N) is 2. The fraction of sp³-hybridized carbons (Fsp3) is 0.467. The summed E-state index contributed by atoms with van der Waals surface area (Å²) >= 11 is 0. The molecule has 0 radical (unpaired) electrons. The van der Waals surface area contributed by atoms with E-state index in [4.69, 9.17) is 0 Å². The molecule has 0 spiro atoms. The molecular formula is C15H18N2O. The van der Waals surface area contributed by atoms with Crippen molar-refractivity contribution >= 4 is 10.9 Å². The van der Waals surface area contributed by atoms with Gasteiger partial charge in [-0.2, -0.15) is 0 Å². The summed E-state index contributed by atoms with van der Waals surface area (Å²) in [6, 6.07) is 5.81. The Bertz CT molecular complexity index is 624. The van der Waals surface area contributed by atoms with Crippen LogP contribution in [0.25, 0.3) is 10.9 Å². The summed E-state index contributed by atoms with van der Waals surface area (Å²) in [6.45, 7) is 2.83. The fourth-order valence-electron chi connectivity index (χ4n) is 2.94. The SMILES string of the molecule is Cc1cccc2c(=O)n(CC3CCCC3)cnc12. The van der Waals surface area contributed by atoms with Gasteiger partial charge in [-0.1, -0.05) is 25.0 Å². The number of hydrogen-bond donors (Lipinski definition) is 0. The second-order valence-electron chi connectivity index (χ2n) is 5.32. The number of aryl methyl sites for hydroxylation is 1. The summed E-state index contributed by atoms with van der Waals surface area (Å²) in [7, 11) is 0. The van der Waals surface area contributed by atoms with Gasteiger partial charge in [-0.25, -0.2) is 4.98 Å². The van der Waals surface area contributed by atoms with Crippen LogP contribution in [0.5, 0.6) is 0 Å². The van der Waals surface area contributed by atoms with Gasteiger partial charge >= 0.3 is 0 Å². The lowest BCUT2D eigenvalue weighted by Crippen LogP contribution is -2.23. The van der Waals surface area contributed by atoms with Crippen LogP contribution in [0.15, 0.2) is 29.3 Å². The molecule has 1 aromatic heterocycles. The zero-order valence-corrected chi connectivity index (χ0v) is 10.7. The summed E-state index contributed by atoms with van der Waals surface area (Å²) in [5.74, 6) is 0.659. The van der Waals surface area contributed by atoms with E-state index in [1.54, 1.807) is 10.9 Å². The predicted molar refractivity (Wildman–Crippen MR) is 72.7 cm³/mol. The average Bonchev–Trinajstić information content (AvgIpc) is 2.86. The van der Waals surface area contributed by atoms with Crippen LogP contribution >= 0.6 is 0 Å². The van der Waals surface area contributed by atoms with Crippen LogP contribution in [0.3, 0.4) is 0 Å². The maximum atomic E-state index is 12.4. The third kappa shape index (κ3) is 1.94.